The predicted molar refractivity (Wildman–Crippen MR) is 95.2 cm³/mol. The summed E-state index contributed by atoms with van der Waals surface area (Å²) in [6, 6.07) is 12.6. The van der Waals surface area contributed by atoms with Crippen LogP contribution in [0.25, 0.3) is 11.3 Å². The van der Waals surface area contributed by atoms with E-state index in [0.29, 0.717) is 12.6 Å². The summed E-state index contributed by atoms with van der Waals surface area (Å²) in [7, 11) is 0. The molecule has 3 N–H and O–H groups in total. The van der Waals surface area contributed by atoms with Gasteiger partial charge in [-0.3, -0.25) is 9.78 Å². The van der Waals surface area contributed by atoms with Crippen LogP contribution in [0.3, 0.4) is 0 Å². The highest BCUT2D eigenvalue weighted by Crippen LogP contribution is 2.29. The van der Waals surface area contributed by atoms with Gasteiger partial charge in [-0.05, 0) is 32.0 Å². The summed E-state index contributed by atoms with van der Waals surface area (Å²) in [4.78, 5) is 17.2. The van der Waals surface area contributed by atoms with Crippen LogP contribution >= 0.6 is 0 Å². The Morgan fingerprint density at radius 3 is 2.67 bits per heavy atom. The third-order valence-electron chi connectivity index (χ3n) is 4.74. The van der Waals surface area contributed by atoms with Crippen molar-refractivity contribution < 1.29 is 4.79 Å². The Kier molecular flexibility index (Phi) is 4.17. The Labute approximate surface area is 141 Å². The number of carbonyl (C=O) groups is 1. The smallest absolute Gasteiger partial charge is 0.255 e. The van der Waals surface area contributed by atoms with Gasteiger partial charge in [-0.15, -0.1) is 0 Å². The van der Waals surface area contributed by atoms with Gasteiger partial charge >= 0.3 is 0 Å². The fourth-order valence-electron chi connectivity index (χ4n) is 3.47. The van der Waals surface area contributed by atoms with Crippen molar-refractivity contribution in [3.05, 3.63) is 47.7 Å². The van der Waals surface area contributed by atoms with Crippen molar-refractivity contribution in [2.24, 2.45) is 0 Å². The fraction of sp³-hybridized carbons (Fsp3) is 0.368. The third kappa shape index (κ3) is 2.99. The molecule has 0 saturated carbocycles. The van der Waals surface area contributed by atoms with E-state index in [1.54, 1.807) is 0 Å². The zero-order valence-electron chi connectivity index (χ0n) is 13.6. The Hall–Kier alpha value is -2.40. The van der Waals surface area contributed by atoms with Crippen molar-refractivity contribution in [2.75, 3.05) is 25.0 Å². The highest BCUT2D eigenvalue weighted by molar-refractivity contribution is 6.02. The molecule has 2 aromatic rings. The second kappa shape index (κ2) is 6.61. The predicted octanol–water partition coefficient (Wildman–Crippen LogP) is 2.20. The maximum atomic E-state index is 12.4. The largest absolute Gasteiger partial charge is 0.381 e. The molecule has 0 bridgehead atoms. The van der Waals surface area contributed by atoms with Crippen molar-refractivity contribution in [3.8, 4) is 11.3 Å². The van der Waals surface area contributed by atoms with Gasteiger partial charge in [-0.25, -0.2) is 0 Å². The highest BCUT2D eigenvalue weighted by Gasteiger charge is 2.25. The first-order valence-electron chi connectivity index (χ1n) is 8.66. The number of amides is 1. The van der Waals surface area contributed by atoms with Crippen LogP contribution in [0.5, 0.6) is 0 Å². The van der Waals surface area contributed by atoms with Crippen LogP contribution in [0.2, 0.25) is 0 Å². The lowest BCUT2D eigenvalue weighted by molar-refractivity contribution is 0.0946. The molecule has 3 heterocycles. The van der Waals surface area contributed by atoms with E-state index in [4.69, 9.17) is 4.98 Å². The number of nitrogens with one attached hydrogen (secondary N) is 3. The van der Waals surface area contributed by atoms with Crippen LogP contribution < -0.4 is 16.0 Å². The summed E-state index contributed by atoms with van der Waals surface area (Å²) in [6.07, 6.45) is 2.92. The SMILES string of the molecule is O=C1NCCc2nc(-c3ccccc3)cc(NC3CCNCC3)c21. The van der Waals surface area contributed by atoms with Gasteiger partial charge in [0, 0.05) is 24.6 Å². The Morgan fingerprint density at radius 2 is 1.88 bits per heavy atom. The highest BCUT2D eigenvalue weighted by atomic mass is 16.1. The average Bonchev–Trinajstić information content (AvgIpc) is 2.63. The molecule has 1 amide bonds. The Bertz CT molecular complexity index is 739. The topological polar surface area (TPSA) is 66.0 Å². The zero-order valence-corrected chi connectivity index (χ0v) is 13.6. The summed E-state index contributed by atoms with van der Waals surface area (Å²) < 4.78 is 0. The maximum absolute atomic E-state index is 12.4. The first-order valence-corrected chi connectivity index (χ1v) is 8.66. The van der Waals surface area contributed by atoms with Gasteiger partial charge in [-0.2, -0.15) is 0 Å². The van der Waals surface area contributed by atoms with Crippen LogP contribution in [0.1, 0.15) is 28.9 Å². The number of hydrogen-bond donors (Lipinski definition) is 3. The number of pyridine rings is 1. The molecule has 1 saturated heterocycles. The van der Waals surface area contributed by atoms with E-state index in [-0.39, 0.29) is 5.91 Å². The minimum absolute atomic E-state index is 0.0141. The Balaban J connectivity index is 1.75. The lowest BCUT2D eigenvalue weighted by Gasteiger charge is -2.27. The molecule has 0 atom stereocenters. The fourth-order valence-corrected chi connectivity index (χ4v) is 3.47. The molecule has 1 aromatic heterocycles. The van der Waals surface area contributed by atoms with Crippen molar-refractivity contribution >= 4 is 11.6 Å². The van der Waals surface area contributed by atoms with E-state index in [9.17, 15) is 4.79 Å². The molecule has 0 unspecified atom stereocenters. The van der Waals surface area contributed by atoms with Crippen LogP contribution in [-0.4, -0.2) is 36.6 Å². The zero-order chi connectivity index (χ0) is 16.4. The number of hydrogen-bond acceptors (Lipinski definition) is 4. The second-order valence-electron chi connectivity index (χ2n) is 6.42. The average molecular weight is 322 g/mol. The molecule has 1 aromatic carbocycles. The van der Waals surface area contributed by atoms with Crippen molar-refractivity contribution in [1.29, 1.82) is 0 Å². The quantitative estimate of drug-likeness (QED) is 0.810. The summed E-state index contributed by atoms with van der Waals surface area (Å²) >= 11 is 0. The van der Waals surface area contributed by atoms with E-state index < -0.39 is 0 Å². The van der Waals surface area contributed by atoms with Gasteiger partial charge in [0.1, 0.15) is 0 Å². The monoisotopic (exact) mass is 322 g/mol. The molecule has 5 heteroatoms. The summed E-state index contributed by atoms with van der Waals surface area (Å²) in [5, 5.41) is 9.93. The molecule has 5 nitrogen and oxygen atoms in total. The van der Waals surface area contributed by atoms with Crippen molar-refractivity contribution in [1.82, 2.24) is 15.6 Å². The lowest BCUT2D eigenvalue weighted by atomic mass is 9.99. The number of anilines is 1. The first kappa shape index (κ1) is 15.1. The number of benzene rings is 1. The molecular weight excluding hydrogens is 300 g/mol. The van der Waals surface area contributed by atoms with Crippen LogP contribution in [0.4, 0.5) is 5.69 Å². The molecule has 24 heavy (non-hydrogen) atoms. The molecule has 2 aliphatic rings. The van der Waals surface area contributed by atoms with E-state index in [1.165, 1.54) is 0 Å². The van der Waals surface area contributed by atoms with Gasteiger partial charge < -0.3 is 16.0 Å². The van der Waals surface area contributed by atoms with Gasteiger partial charge in [0.05, 0.1) is 22.6 Å². The number of aromatic nitrogens is 1. The minimum atomic E-state index is -0.0141. The Morgan fingerprint density at radius 1 is 1.08 bits per heavy atom. The number of fused-ring (bicyclic) bond motifs is 1. The number of piperidine rings is 1. The van der Waals surface area contributed by atoms with Gasteiger partial charge in [0.15, 0.2) is 0 Å². The van der Waals surface area contributed by atoms with Crippen LogP contribution in [0.15, 0.2) is 36.4 Å². The normalized spacial score (nSPS) is 17.9. The molecular formula is C19H22N4O. The standard InChI is InChI=1S/C19H22N4O/c24-19-18-15(8-11-21-19)23-16(13-4-2-1-3-5-13)12-17(18)22-14-6-9-20-10-7-14/h1-5,12,14,20H,6-11H2,(H,21,24)(H,22,23). The molecule has 1 fully saturated rings. The number of carbonyl (C=O) groups excluding carboxylic acids is 1. The van der Waals surface area contributed by atoms with Gasteiger partial charge in [0.25, 0.3) is 5.91 Å². The van der Waals surface area contributed by atoms with Crippen molar-refractivity contribution in [3.63, 3.8) is 0 Å². The second-order valence-corrected chi connectivity index (χ2v) is 6.42. The molecule has 124 valence electrons. The number of rotatable bonds is 3. The van der Waals surface area contributed by atoms with Crippen LogP contribution in [0, 0.1) is 0 Å². The first-order chi connectivity index (χ1) is 11.8. The third-order valence-corrected chi connectivity index (χ3v) is 4.74. The summed E-state index contributed by atoms with van der Waals surface area (Å²) in [6.45, 7) is 2.69. The molecule has 0 aliphatic carbocycles. The van der Waals surface area contributed by atoms with E-state index in [2.05, 4.69) is 28.1 Å². The van der Waals surface area contributed by atoms with E-state index >= 15 is 0 Å². The maximum Gasteiger partial charge on any atom is 0.255 e. The molecule has 0 radical (unpaired) electrons. The van der Waals surface area contributed by atoms with E-state index in [0.717, 1.165) is 60.6 Å². The summed E-state index contributed by atoms with van der Waals surface area (Å²) in [5.74, 6) is -0.0141. The van der Waals surface area contributed by atoms with E-state index in [1.807, 2.05) is 24.3 Å². The summed E-state index contributed by atoms with van der Waals surface area (Å²) in [5.41, 5.74) is 4.55. The lowest BCUT2D eigenvalue weighted by Crippen LogP contribution is -2.37. The molecule has 4 rings (SSSR count). The van der Waals surface area contributed by atoms with Gasteiger partial charge in [0.2, 0.25) is 0 Å². The van der Waals surface area contributed by atoms with Gasteiger partial charge in [-0.1, -0.05) is 30.3 Å². The van der Waals surface area contributed by atoms with Crippen molar-refractivity contribution in [2.45, 2.75) is 25.3 Å². The molecule has 0 spiro atoms. The minimum Gasteiger partial charge on any atom is -0.381 e. The molecule has 2 aliphatic heterocycles. The number of nitrogens with zero attached hydrogens (tertiary/aromatic N) is 1. The van der Waals surface area contributed by atoms with Crippen LogP contribution in [-0.2, 0) is 6.42 Å².